The summed E-state index contributed by atoms with van der Waals surface area (Å²) in [5, 5.41) is 6.06. The highest BCUT2D eigenvalue weighted by Crippen LogP contribution is 2.23. The Labute approximate surface area is 134 Å². The minimum atomic E-state index is -0.251. The lowest BCUT2D eigenvalue weighted by Crippen LogP contribution is -2.40. The molecule has 0 aliphatic rings. The number of aromatic nitrogens is 1. The van der Waals surface area contributed by atoms with E-state index in [0.717, 1.165) is 5.56 Å². The molecule has 0 radical (unpaired) electrons. The maximum absolute atomic E-state index is 11.7. The molecule has 6 heteroatoms. The second-order valence-electron chi connectivity index (χ2n) is 4.78. The molecular weight excluding hydrogens is 302 g/mol. The SMILES string of the molecule is C[C@@H](CNC(=O)NCc1cccnc1)Oc1ccccc1Cl. The Hall–Kier alpha value is -2.27. The monoisotopic (exact) mass is 319 g/mol. The van der Waals surface area contributed by atoms with Gasteiger partial charge in [0.25, 0.3) is 0 Å². The van der Waals surface area contributed by atoms with E-state index in [1.54, 1.807) is 24.5 Å². The molecule has 5 nitrogen and oxygen atoms in total. The number of nitrogens with zero attached hydrogens (tertiary/aromatic N) is 1. The van der Waals surface area contributed by atoms with Crippen LogP contribution in [-0.4, -0.2) is 23.7 Å². The summed E-state index contributed by atoms with van der Waals surface area (Å²) in [4.78, 5) is 15.7. The Morgan fingerprint density at radius 2 is 2.09 bits per heavy atom. The lowest BCUT2D eigenvalue weighted by atomic mass is 10.3. The molecule has 0 aliphatic heterocycles. The molecule has 1 aromatic heterocycles. The molecule has 2 aromatic rings. The zero-order valence-corrected chi connectivity index (χ0v) is 13.0. The van der Waals surface area contributed by atoms with Crippen LogP contribution in [0.1, 0.15) is 12.5 Å². The molecule has 1 atom stereocenters. The Balaban J connectivity index is 1.71. The molecule has 0 bridgehead atoms. The van der Waals surface area contributed by atoms with Crippen LogP contribution in [0.2, 0.25) is 5.02 Å². The minimum absolute atomic E-state index is 0.191. The minimum Gasteiger partial charge on any atom is -0.487 e. The van der Waals surface area contributed by atoms with Crippen molar-refractivity contribution in [3.8, 4) is 5.75 Å². The number of urea groups is 1. The first kappa shape index (κ1) is 16.1. The largest absolute Gasteiger partial charge is 0.487 e. The van der Waals surface area contributed by atoms with Crippen LogP contribution in [0.15, 0.2) is 48.8 Å². The van der Waals surface area contributed by atoms with Gasteiger partial charge in [-0.05, 0) is 30.7 Å². The first-order valence-electron chi connectivity index (χ1n) is 6.97. The number of amides is 2. The lowest BCUT2D eigenvalue weighted by Gasteiger charge is -2.16. The third kappa shape index (κ3) is 5.26. The number of hydrogen-bond donors (Lipinski definition) is 2. The van der Waals surface area contributed by atoms with E-state index >= 15 is 0 Å². The van der Waals surface area contributed by atoms with Gasteiger partial charge in [-0.3, -0.25) is 4.98 Å². The van der Waals surface area contributed by atoms with E-state index in [1.807, 2.05) is 31.2 Å². The van der Waals surface area contributed by atoms with Gasteiger partial charge < -0.3 is 15.4 Å². The summed E-state index contributed by atoms with van der Waals surface area (Å²) in [5.41, 5.74) is 0.943. The third-order valence-corrected chi connectivity index (χ3v) is 3.20. The van der Waals surface area contributed by atoms with Gasteiger partial charge in [-0.25, -0.2) is 4.79 Å². The van der Waals surface area contributed by atoms with Crippen molar-refractivity contribution in [1.29, 1.82) is 0 Å². The van der Waals surface area contributed by atoms with Crippen molar-refractivity contribution in [3.05, 3.63) is 59.4 Å². The second kappa shape index (κ2) is 8.24. The Kier molecular flexibility index (Phi) is 6.03. The van der Waals surface area contributed by atoms with E-state index in [-0.39, 0.29) is 12.1 Å². The van der Waals surface area contributed by atoms with Crippen molar-refractivity contribution in [2.24, 2.45) is 0 Å². The number of ether oxygens (including phenoxy) is 1. The molecule has 0 fully saturated rings. The first-order chi connectivity index (χ1) is 10.6. The highest BCUT2D eigenvalue weighted by atomic mass is 35.5. The smallest absolute Gasteiger partial charge is 0.315 e. The Bertz CT molecular complexity index is 607. The average molecular weight is 320 g/mol. The summed E-state index contributed by atoms with van der Waals surface area (Å²) < 4.78 is 5.67. The van der Waals surface area contributed by atoms with Crippen molar-refractivity contribution in [2.75, 3.05) is 6.54 Å². The van der Waals surface area contributed by atoms with E-state index in [9.17, 15) is 4.79 Å². The second-order valence-corrected chi connectivity index (χ2v) is 5.19. The lowest BCUT2D eigenvalue weighted by molar-refractivity contribution is 0.207. The number of rotatable bonds is 6. The molecule has 0 aliphatic carbocycles. The highest BCUT2D eigenvalue weighted by molar-refractivity contribution is 6.32. The van der Waals surface area contributed by atoms with Gasteiger partial charge in [-0.1, -0.05) is 29.8 Å². The van der Waals surface area contributed by atoms with E-state index in [2.05, 4.69) is 15.6 Å². The van der Waals surface area contributed by atoms with Crippen LogP contribution in [0.5, 0.6) is 5.75 Å². The number of para-hydroxylation sites is 1. The van der Waals surface area contributed by atoms with Gasteiger partial charge in [-0.15, -0.1) is 0 Å². The van der Waals surface area contributed by atoms with Crippen LogP contribution in [0, 0.1) is 0 Å². The molecule has 2 N–H and O–H groups in total. The number of carbonyl (C=O) groups is 1. The predicted octanol–water partition coefficient (Wildman–Crippen LogP) is 3.00. The van der Waals surface area contributed by atoms with E-state index < -0.39 is 0 Å². The summed E-state index contributed by atoms with van der Waals surface area (Å²) in [6.07, 6.45) is 3.21. The fraction of sp³-hybridized carbons (Fsp3) is 0.250. The molecule has 0 spiro atoms. The fourth-order valence-electron chi connectivity index (χ4n) is 1.78. The van der Waals surface area contributed by atoms with Gasteiger partial charge in [0.2, 0.25) is 0 Å². The zero-order chi connectivity index (χ0) is 15.8. The highest BCUT2D eigenvalue weighted by Gasteiger charge is 2.08. The Morgan fingerprint density at radius 3 is 2.82 bits per heavy atom. The quantitative estimate of drug-likeness (QED) is 0.860. The van der Waals surface area contributed by atoms with Gasteiger partial charge in [0.15, 0.2) is 0 Å². The number of halogens is 1. The molecule has 0 saturated carbocycles. The average Bonchev–Trinajstić information content (AvgIpc) is 2.54. The maximum Gasteiger partial charge on any atom is 0.315 e. The van der Waals surface area contributed by atoms with Crippen molar-refractivity contribution >= 4 is 17.6 Å². The molecule has 0 saturated heterocycles. The number of carbonyl (C=O) groups excluding carboxylic acids is 1. The van der Waals surface area contributed by atoms with Gasteiger partial charge in [-0.2, -0.15) is 0 Å². The molecule has 2 rings (SSSR count). The van der Waals surface area contributed by atoms with Crippen molar-refractivity contribution in [3.63, 3.8) is 0 Å². The summed E-state index contributed by atoms with van der Waals surface area (Å²) in [6.45, 7) is 2.67. The molecule has 22 heavy (non-hydrogen) atoms. The van der Waals surface area contributed by atoms with E-state index in [1.165, 1.54) is 0 Å². The molecule has 1 aromatic carbocycles. The fourth-order valence-corrected chi connectivity index (χ4v) is 1.96. The molecule has 2 amide bonds. The van der Waals surface area contributed by atoms with Crippen molar-refractivity contribution < 1.29 is 9.53 Å². The van der Waals surface area contributed by atoms with Crippen LogP contribution >= 0.6 is 11.6 Å². The molecule has 1 heterocycles. The normalized spacial score (nSPS) is 11.5. The van der Waals surface area contributed by atoms with Crippen LogP contribution in [0.3, 0.4) is 0 Å². The van der Waals surface area contributed by atoms with Crippen LogP contribution in [0.4, 0.5) is 4.79 Å². The standard InChI is InChI=1S/C16H18ClN3O2/c1-12(22-15-7-3-2-6-14(15)17)9-19-16(21)20-11-13-5-4-8-18-10-13/h2-8,10,12H,9,11H2,1H3,(H2,19,20,21)/t12-/m0/s1. The number of benzene rings is 1. The summed E-state index contributed by atoms with van der Waals surface area (Å²) in [5.74, 6) is 0.606. The summed E-state index contributed by atoms with van der Waals surface area (Å²) in [7, 11) is 0. The zero-order valence-electron chi connectivity index (χ0n) is 12.3. The first-order valence-corrected chi connectivity index (χ1v) is 7.34. The predicted molar refractivity (Wildman–Crippen MR) is 86.0 cm³/mol. The van der Waals surface area contributed by atoms with Gasteiger partial charge in [0.05, 0.1) is 11.6 Å². The molecular formula is C16H18ClN3O2. The van der Waals surface area contributed by atoms with Gasteiger partial charge >= 0.3 is 6.03 Å². The van der Waals surface area contributed by atoms with Crippen LogP contribution in [-0.2, 0) is 6.54 Å². The van der Waals surface area contributed by atoms with E-state index in [0.29, 0.717) is 23.9 Å². The van der Waals surface area contributed by atoms with Crippen molar-refractivity contribution in [1.82, 2.24) is 15.6 Å². The Morgan fingerprint density at radius 1 is 1.27 bits per heavy atom. The van der Waals surface area contributed by atoms with Gasteiger partial charge in [0.1, 0.15) is 11.9 Å². The topological polar surface area (TPSA) is 63.2 Å². The van der Waals surface area contributed by atoms with Crippen LogP contribution < -0.4 is 15.4 Å². The number of nitrogens with one attached hydrogen (secondary N) is 2. The van der Waals surface area contributed by atoms with Crippen molar-refractivity contribution in [2.45, 2.75) is 19.6 Å². The summed E-state index contributed by atoms with van der Waals surface area (Å²) in [6, 6.07) is 10.7. The van der Waals surface area contributed by atoms with Gasteiger partial charge in [0, 0.05) is 18.9 Å². The van der Waals surface area contributed by atoms with Crippen LogP contribution in [0.25, 0.3) is 0 Å². The van der Waals surface area contributed by atoms with E-state index in [4.69, 9.17) is 16.3 Å². The molecule has 116 valence electrons. The maximum atomic E-state index is 11.7. The number of pyridine rings is 1. The summed E-state index contributed by atoms with van der Waals surface area (Å²) >= 11 is 6.02. The number of hydrogen-bond acceptors (Lipinski definition) is 3. The third-order valence-electron chi connectivity index (χ3n) is 2.89. The molecule has 0 unspecified atom stereocenters.